The molecule has 2 nitrogen and oxygen atoms in total. The topological polar surface area (TPSA) is 37.3 Å². The summed E-state index contributed by atoms with van der Waals surface area (Å²) < 4.78 is 0. The Labute approximate surface area is 142 Å². The van der Waals surface area contributed by atoms with Crippen molar-refractivity contribution in [3.8, 4) is 0 Å². The number of ketones is 1. The molecule has 0 aromatic carbocycles. The van der Waals surface area contributed by atoms with E-state index in [0.717, 1.165) is 25.7 Å². The average molecular weight is 369 g/mol. The average Bonchev–Trinajstić information content (AvgIpc) is 2.71. The van der Waals surface area contributed by atoms with Crippen molar-refractivity contribution in [3.63, 3.8) is 0 Å². The van der Waals surface area contributed by atoms with Gasteiger partial charge in [0.25, 0.3) is 0 Å². The molecule has 4 saturated carbocycles. The van der Waals surface area contributed by atoms with Gasteiger partial charge >= 0.3 is 0 Å². The van der Waals surface area contributed by atoms with Crippen molar-refractivity contribution < 1.29 is 9.90 Å². The highest BCUT2D eigenvalue weighted by Crippen LogP contribution is 2.65. The molecule has 1 N–H and O–H groups in total. The first-order valence-corrected chi connectivity index (χ1v) is 10.2. The number of Topliss-reactive ketones (excluding diaryl/α,β-unsaturated/α-hetero) is 1. The minimum absolute atomic E-state index is 0.0188. The van der Waals surface area contributed by atoms with Crippen molar-refractivity contribution in [2.45, 2.75) is 76.1 Å². The molecule has 0 aliphatic heterocycles. The summed E-state index contributed by atoms with van der Waals surface area (Å²) in [4.78, 5) is 12.7. The molecule has 3 heteroatoms. The number of hydrogen-bond donors (Lipinski definition) is 1. The second-order valence-corrected chi connectivity index (χ2v) is 10.2. The van der Waals surface area contributed by atoms with Gasteiger partial charge in [-0.05, 0) is 67.6 Å². The van der Waals surface area contributed by atoms with Crippen molar-refractivity contribution in [2.75, 3.05) is 0 Å². The van der Waals surface area contributed by atoms with Gasteiger partial charge in [0.05, 0.1) is 10.9 Å². The highest BCUT2D eigenvalue weighted by molar-refractivity contribution is 9.10. The molecule has 124 valence electrons. The second-order valence-electron chi connectivity index (χ2n) is 9.07. The summed E-state index contributed by atoms with van der Waals surface area (Å²) in [6.07, 6.45) is 9.25. The SMILES string of the molecule is C[C@]12CCCC[C@@H]1C[C@H](O)[C@@H]1[C@@H]2CC[C@]2(C)C(=O)[C@H](Br)C[C@@H]12. The number of fused-ring (bicyclic) bond motifs is 5. The molecule has 0 radical (unpaired) electrons. The van der Waals surface area contributed by atoms with Crippen LogP contribution in [0.1, 0.15) is 65.2 Å². The van der Waals surface area contributed by atoms with Crippen LogP contribution in [-0.2, 0) is 4.79 Å². The molecule has 0 saturated heterocycles. The number of rotatable bonds is 0. The van der Waals surface area contributed by atoms with Crippen LogP contribution in [0.2, 0.25) is 0 Å². The molecular weight excluding hydrogens is 340 g/mol. The Morgan fingerprint density at radius 3 is 2.64 bits per heavy atom. The van der Waals surface area contributed by atoms with Gasteiger partial charge in [0.15, 0.2) is 5.78 Å². The number of halogens is 1. The van der Waals surface area contributed by atoms with E-state index in [9.17, 15) is 9.90 Å². The predicted molar refractivity (Wildman–Crippen MR) is 90.8 cm³/mol. The lowest BCUT2D eigenvalue weighted by Crippen LogP contribution is -2.57. The number of carbonyl (C=O) groups excluding carboxylic acids is 1. The van der Waals surface area contributed by atoms with Gasteiger partial charge < -0.3 is 5.11 Å². The molecule has 4 rings (SSSR count). The maximum Gasteiger partial charge on any atom is 0.152 e. The lowest BCUT2D eigenvalue weighted by Gasteiger charge is -2.60. The molecule has 0 bridgehead atoms. The summed E-state index contributed by atoms with van der Waals surface area (Å²) in [5.41, 5.74) is 0.227. The molecule has 0 aromatic heterocycles. The van der Waals surface area contributed by atoms with Crippen molar-refractivity contribution in [3.05, 3.63) is 0 Å². The van der Waals surface area contributed by atoms with Gasteiger partial charge in [0, 0.05) is 5.41 Å². The Balaban J connectivity index is 1.71. The third-order valence-electron chi connectivity index (χ3n) is 8.30. The largest absolute Gasteiger partial charge is 0.393 e. The highest BCUT2D eigenvalue weighted by atomic mass is 79.9. The molecule has 22 heavy (non-hydrogen) atoms. The Morgan fingerprint density at radius 2 is 1.86 bits per heavy atom. The lowest BCUT2D eigenvalue weighted by atomic mass is 9.44. The Bertz CT molecular complexity index is 492. The van der Waals surface area contributed by atoms with E-state index >= 15 is 0 Å². The van der Waals surface area contributed by atoms with E-state index in [2.05, 4.69) is 29.8 Å². The van der Waals surface area contributed by atoms with E-state index in [1.165, 1.54) is 25.7 Å². The monoisotopic (exact) mass is 368 g/mol. The van der Waals surface area contributed by atoms with E-state index in [-0.39, 0.29) is 16.3 Å². The van der Waals surface area contributed by atoms with E-state index in [1.807, 2.05) is 0 Å². The molecule has 0 spiro atoms. The van der Waals surface area contributed by atoms with Crippen LogP contribution >= 0.6 is 15.9 Å². The van der Waals surface area contributed by atoms with Gasteiger partial charge in [-0.15, -0.1) is 0 Å². The van der Waals surface area contributed by atoms with Gasteiger partial charge in [-0.1, -0.05) is 42.6 Å². The fourth-order valence-corrected chi connectivity index (χ4v) is 7.94. The van der Waals surface area contributed by atoms with Gasteiger partial charge in [-0.2, -0.15) is 0 Å². The maximum absolute atomic E-state index is 12.7. The fourth-order valence-electron chi connectivity index (χ4n) is 7.01. The van der Waals surface area contributed by atoms with Crippen LogP contribution in [0.3, 0.4) is 0 Å². The summed E-state index contributed by atoms with van der Waals surface area (Å²) in [6.45, 7) is 4.69. The second kappa shape index (κ2) is 5.05. The summed E-state index contributed by atoms with van der Waals surface area (Å²) in [6, 6.07) is 0. The van der Waals surface area contributed by atoms with Gasteiger partial charge in [-0.3, -0.25) is 4.79 Å². The number of carbonyl (C=O) groups is 1. The molecule has 4 aliphatic carbocycles. The van der Waals surface area contributed by atoms with E-state index in [1.54, 1.807) is 0 Å². The normalized spacial score (nSPS) is 57.9. The van der Waals surface area contributed by atoms with Crippen LogP contribution in [0.15, 0.2) is 0 Å². The summed E-state index contributed by atoms with van der Waals surface area (Å²) in [5.74, 6) is 2.48. The van der Waals surface area contributed by atoms with E-state index in [4.69, 9.17) is 0 Å². The van der Waals surface area contributed by atoms with Crippen LogP contribution in [-0.4, -0.2) is 21.8 Å². The minimum Gasteiger partial charge on any atom is -0.393 e. The predicted octanol–water partition coefficient (Wildman–Crippen LogP) is 4.33. The molecule has 4 fully saturated rings. The molecule has 0 heterocycles. The molecule has 8 atom stereocenters. The fraction of sp³-hybridized carbons (Fsp3) is 0.947. The van der Waals surface area contributed by atoms with E-state index in [0.29, 0.717) is 34.9 Å². The standard InChI is InChI=1S/C19H29BrO2/c1-18-7-4-3-5-11(18)9-15(21)16-12(18)6-8-19(2)13(16)10-14(20)17(19)22/h11-16,21H,3-10H2,1-2H3/t11-,12+,13+,14-,15+,16-,18+,19+/m1/s1. The number of aliphatic hydroxyl groups is 1. The van der Waals surface area contributed by atoms with Crippen LogP contribution in [0, 0.1) is 34.5 Å². The smallest absolute Gasteiger partial charge is 0.152 e. The number of hydrogen-bond acceptors (Lipinski definition) is 2. The zero-order valence-electron chi connectivity index (χ0n) is 13.9. The molecule has 0 aromatic rings. The summed E-state index contributed by atoms with van der Waals surface area (Å²) in [7, 11) is 0. The molecule has 0 amide bonds. The maximum atomic E-state index is 12.7. The first kappa shape index (κ1) is 15.6. The van der Waals surface area contributed by atoms with Gasteiger partial charge in [0.2, 0.25) is 0 Å². The Kier molecular flexibility index (Phi) is 3.59. The van der Waals surface area contributed by atoms with Crippen molar-refractivity contribution in [1.82, 2.24) is 0 Å². The molecule has 4 aliphatic rings. The zero-order valence-corrected chi connectivity index (χ0v) is 15.4. The third-order valence-corrected chi connectivity index (χ3v) is 9.09. The van der Waals surface area contributed by atoms with Crippen LogP contribution < -0.4 is 0 Å². The zero-order chi connectivity index (χ0) is 15.7. The Hall–Kier alpha value is 0.110. The van der Waals surface area contributed by atoms with Crippen LogP contribution in [0.5, 0.6) is 0 Å². The van der Waals surface area contributed by atoms with Crippen molar-refractivity contribution >= 4 is 21.7 Å². The quantitative estimate of drug-likeness (QED) is 0.646. The van der Waals surface area contributed by atoms with Gasteiger partial charge in [-0.25, -0.2) is 0 Å². The lowest BCUT2D eigenvalue weighted by molar-refractivity contribution is -0.163. The van der Waals surface area contributed by atoms with Crippen molar-refractivity contribution in [1.29, 1.82) is 0 Å². The van der Waals surface area contributed by atoms with Crippen LogP contribution in [0.25, 0.3) is 0 Å². The first-order chi connectivity index (χ1) is 10.4. The minimum atomic E-state index is -0.186. The molecular formula is C19H29BrO2. The summed E-state index contributed by atoms with van der Waals surface area (Å²) in [5, 5.41) is 11.0. The number of aliphatic hydroxyl groups excluding tert-OH is 1. The van der Waals surface area contributed by atoms with Gasteiger partial charge in [0.1, 0.15) is 0 Å². The summed E-state index contributed by atoms with van der Waals surface area (Å²) >= 11 is 3.62. The van der Waals surface area contributed by atoms with E-state index < -0.39 is 0 Å². The molecule has 0 unspecified atom stereocenters. The highest BCUT2D eigenvalue weighted by Gasteiger charge is 2.63. The number of alkyl halides is 1. The van der Waals surface area contributed by atoms with Crippen molar-refractivity contribution in [2.24, 2.45) is 34.5 Å². The van der Waals surface area contributed by atoms with Crippen LogP contribution in [0.4, 0.5) is 0 Å². The first-order valence-electron chi connectivity index (χ1n) is 9.24. The Morgan fingerprint density at radius 1 is 1.09 bits per heavy atom. The third kappa shape index (κ3) is 1.90.